The van der Waals surface area contributed by atoms with Crippen LogP contribution in [-0.2, 0) is 0 Å². The summed E-state index contributed by atoms with van der Waals surface area (Å²) < 4.78 is 5.86. The van der Waals surface area contributed by atoms with E-state index >= 15 is 0 Å². The van der Waals surface area contributed by atoms with E-state index in [0.717, 1.165) is 25.3 Å². The highest BCUT2D eigenvalue weighted by molar-refractivity contribution is 5.94. The number of carbonyl (C=O) groups excluding carboxylic acids is 1. The van der Waals surface area contributed by atoms with Gasteiger partial charge in [0, 0.05) is 24.7 Å². The predicted molar refractivity (Wildman–Crippen MR) is 98.1 cm³/mol. The van der Waals surface area contributed by atoms with Gasteiger partial charge in [-0.05, 0) is 62.7 Å². The summed E-state index contributed by atoms with van der Waals surface area (Å²) in [5.41, 5.74) is 0.704. The zero-order chi connectivity index (χ0) is 17.1. The lowest BCUT2D eigenvalue weighted by Gasteiger charge is -2.23. The second-order valence-corrected chi connectivity index (χ2v) is 6.88. The number of amides is 1. The molecule has 2 aliphatic rings. The number of hydrogen-bond acceptors (Lipinski definition) is 3. The molecule has 2 aromatic rings. The number of rotatable bonds is 4. The monoisotopic (exact) mass is 336 g/mol. The first-order valence-corrected chi connectivity index (χ1v) is 9.16. The molecule has 4 nitrogen and oxygen atoms in total. The van der Waals surface area contributed by atoms with Crippen LogP contribution in [0.2, 0.25) is 0 Å². The Labute approximate surface area is 149 Å². The van der Waals surface area contributed by atoms with Crippen LogP contribution in [0.3, 0.4) is 0 Å². The van der Waals surface area contributed by atoms with Crippen molar-refractivity contribution in [3.05, 3.63) is 60.2 Å². The lowest BCUT2D eigenvalue weighted by molar-refractivity contribution is 0.0779. The van der Waals surface area contributed by atoms with Gasteiger partial charge in [0.15, 0.2) is 0 Å². The van der Waals surface area contributed by atoms with Gasteiger partial charge in [-0.25, -0.2) is 0 Å². The molecule has 4 heteroatoms. The van der Waals surface area contributed by atoms with Crippen LogP contribution in [0.1, 0.15) is 29.6 Å². The average Bonchev–Trinajstić information content (AvgIpc) is 3.34. The molecule has 0 radical (unpaired) electrons. The van der Waals surface area contributed by atoms with E-state index in [2.05, 4.69) is 4.90 Å². The van der Waals surface area contributed by atoms with Gasteiger partial charge < -0.3 is 9.64 Å². The van der Waals surface area contributed by atoms with Crippen LogP contribution in [-0.4, -0.2) is 47.9 Å². The lowest BCUT2D eigenvalue weighted by Crippen LogP contribution is -2.37. The SMILES string of the molecule is O=C(c1cccc(Oc2ccccc2)c1)N1CCC(N2CCCC2)C1. The molecule has 0 spiro atoms. The summed E-state index contributed by atoms with van der Waals surface area (Å²) in [6.45, 7) is 4.08. The minimum absolute atomic E-state index is 0.111. The minimum atomic E-state index is 0.111. The van der Waals surface area contributed by atoms with Gasteiger partial charge in [-0.2, -0.15) is 0 Å². The Morgan fingerprint density at radius 1 is 0.920 bits per heavy atom. The summed E-state index contributed by atoms with van der Waals surface area (Å²) in [6.07, 6.45) is 3.68. The first-order valence-electron chi connectivity index (χ1n) is 9.16. The molecule has 2 fully saturated rings. The maximum Gasteiger partial charge on any atom is 0.254 e. The molecule has 2 saturated heterocycles. The van der Waals surface area contributed by atoms with Crippen LogP contribution < -0.4 is 4.74 Å². The molecule has 2 aliphatic heterocycles. The van der Waals surface area contributed by atoms with E-state index in [1.165, 1.54) is 25.9 Å². The van der Waals surface area contributed by atoms with Gasteiger partial charge in [-0.1, -0.05) is 24.3 Å². The first kappa shape index (κ1) is 16.2. The normalized spacial score (nSPS) is 20.8. The molecule has 1 unspecified atom stereocenters. The van der Waals surface area contributed by atoms with E-state index in [0.29, 0.717) is 17.4 Å². The van der Waals surface area contributed by atoms with Gasteiger partial charge in [-0.15, -0.1) is 0 Å². The predicted octanol–water partition coefficient (Wildman–Crippen LogP) is 3.79. The fourth-order valence-corrected chi connectivity index (χ4v) is 3.83. The molecule has 130 valence electrons. The highest BCUT2D eigenvalue weighted by atomic mass is 16.5. The smallest absolute Gasteiger partial charge is 0.254 e. The van der Waals surface area contributed by atoms with Crippen molar-refractivity contribution in [1.29, 1.82) is 0 Å². The molecule has 0 N–H and O–H groups in total. The summed E-state index contributed by atoms with van der Waals surface area (Å²) in [4.78, 5) is 17.4. The van der Waals surface area contributed by atoms with Crippen molar-refractivity contribution >= 4 is 5.91 Å². The van der Waals surface area contributed by atoms with Gasteiger partial charge in [0.05, 0.1) is 0 Å². The van der Waals surface area contributed by atoms with Crippen LogP contribution in [0.15, 0.2) is 54.6 Å². The maximum atomic E-state index is 12.9. The fraction of sp³-hybridized carbons (Fsp3) is 0.381. The Bertz CT molecular complexity index is 726. The third-order valence-corrected chi connectivity index (χ3v) is 5.17. The average molecular weight is 336 g/mol. The molecular weight excluding hydrogens is 312 g/mol. The molecule has 0 bridgehead atoms. The summed E-state index contributed by atoms with van der Waals surface area (Å²) in [7, 11) is 0. The zero-order valence-corrected chi connectivity index (χ0v) is 14.4. The zero-order valence-electron chi connectivity index (χ0n) is 14.4. The number of benzene rings is 2. The number of likely N-dealkylation sites (tertiary alicyclic amines) is 2. The van der Waals surface area contributed by atoms with E-state index in [1.807, 2.05) is 59.5 Å². The van der Waals surface area contributed by atoms with Crippen molar-refractivity contribution in [2.24, 2.45) is 0 Å². The first-order chi connectivity index (χ1) is 12.3. The quantitative estimate of drug-likeness (QED) is 0.851. The molecule has 2 aromatic carbocycles. The third-order valence-electron chi connectivity index (χ3n) is 5.17. The van der Waals surface area contributed by atoms with Crippen molar-refractivity contribution in [1.82, 2.24) is 9.80 Å². The standard InChI is InChI=1S/C21H24N2O2/c24-21(23-14-11-18(16-23)22-12-4-5-13-22)17-7-6-10-20(15-17)25-19-8-2-1-3-9-19/h1-3,6-10,15,18H,4-5,11-14,16H2. The highest BCUT2D eigenvalue weighted by Crippen LogP contribution is 2.25. The van der Waals surface area contributed by atoms with Crippen LogP contribution in [0.4, 0.5) is 0 Å². The van der Waals surface area contributed by atoms with Crippen LogP contribution in [0.25, 0.3) is 0 Å². The molecule has 0 aromatic heterocycles. The number of hydrogen-bond donors (Lipinski definition) is 0. The molecule has 4 rings (SSSR count). The van der Waals surface area contributed by atoms with E-state index < -0.39 is 0 Å². The highest BCUT2D eigenvalue weighted by Gasteiger charge is 2.31. The maximum absolute atomic E-state index is 12.9. The lowest BCUT2D eigenvalue weighted by atomic mass is 10.2. The second-order valence-electron chi connectivity index (χ2n) is 6.88. The minimum Gasteiger partial charge on any atom is -0.457 e. The largest absolute Gasteiger partial charge is 0.457 e. The van der Waals surface area contributed by atoms with Crippen molar-refractivity contribution in [3.8, 4) is 11.5 Å². The summed E-state index contributed by atoms with van der Waals surface area (Å²) in [5.74, 6) is 1.59. The Morgan fingerprint density at radius 3 is 2.48 bits per heavy atom. The molecule has 0 saturated carbocycles. The Kier molecular flexibility index (Phi) is 4.70. The van der Waals surface area contributed by atoms with Crippen molar-refractivity contribution in [2.45, 2.75) is 25.3 Å². The Morgan fingerprint density at radius 2 is 1.68 bits per heavy atom. The van der Waals surface area contributed by atoms with Gasteiger partial charge in [-0.3, -0.25) is 9.69 Å². The molecule has 1 amide bonds. The van der Waals surface area contributed by atoms with E-state index in [-0.39, 0.29) is 5.91 Å². The van der Waals surface area contributed by atoms with Gasteiger partial charge in [0.25, 0.3) is 5.91 Å². The van der Waals surface area contributed by atoms with E-state index in [1.54, 1.807) is 0 Å². The van der Waals surface area contributed by atoms with E-state index in [4.69, 9.17) is 4.74 Å². The second kappa shape index (κ2) is 7.28. The van der Waals surface area contributed by atoms with Gasteiger partial charge >= 0.3 is 0 Å². The third kappa shape index (κ3) is 3.69. The molecular formula is C21H24N2O2. The number of ether oxygens (including phenoxy) is 1. The van der Waals surface area contributed by atoms with Crippen LogP contribution in [0, 0.1) is 0 Å². The van der Waals surface area contributed by atoms with Crippen LogP contribution in [0.5, 0.6) is 11.5 Å². The Balaban J connectivity index is 1.43. The summed E-state index contributed by atoms with van der Waals surface area (Å²) >= 11 is 0. The van der Waals surface area contributed by atoms with E-state index in [9.17, 15) is 4.79 Å². The van der Waals surface area contributed by atoms with Crippen molar-refractivity contribution in [2.75, 3.05) is 26.2 Å². The molecule has 1 atom stereocenters. The number of nitrogens with zero attached hydrogens (tertiary/aromatic N) is 2. The van der Waals surface area contributed by atoms with Crippen molar-refractivity contribution < 1.29 is 9.53 Å². The van der Waals surface area contributed by atoms with Gasteiger partial charge in [0.1, 0.15) is 11.5 Å². The van der Waals surface area contributed by atoms with Crippen LogP contribution >= 0.6 is 0 Å². The topological polar surface area (TPSA) is 32.8 Å². The van der Waals surface area contributed by atoms with Crippen molar-refractivity contribution in [3.63, 3.8) is 0 Å². The molecule has 0 aliphatic carbocycles. The number of para-hydroxylation sites is 1. The van der Waals surface area contributed by atoms with Gasteiger partial charge in [0.2, 0.25) is 0 Å². The fourth-order valence-electron chi connectivity index (χ4n) is 3.83. The molecule has 25 heavy (non-hydrogen) atoms. The Hall–Kier alpha value is -2.33. The molecule has 2 heterocycles. The summed E-state index contributed by atoms with van der Waals surface area (Å²) in [6, 6.07) is 17.7. The summed E-state index contributed by atoms with van der Waals surface area (Å²) in [5, 5.41) is 0. The number of carbonyl (C=O) groups is 1.